The highest BCUT2D eigenvalue weighted by molar-refractivity contribution is 9.11. The molecule has 4 aromatic rings. The first-order valence-electron chi connectivity index (χ1n) is 8.58. The van der Waals surface area contributed by atoms with Crippen LogP contribution in [-0.2, 0) is 0 Å². The van der Waals surface area contributed by atoms with Gasteiger partial charge in [-0.3, -0.25) is 4.79 Å². The van der Waals surface area contributed by atoms with Gasteiger partial charge in [0.05, 0.1) is 17.1 Å². The number of hydrogen-bond acceptors (Lipinski definition) is 8. The van der Waals surface area contributed by atoms with Crippen LogP contribution in [0.4, 0.5) is 33.7 Å². The molecule has 2 aromatic carbocycles. The first-order chi connectivity index (χ1) is 14.6. The summed E-state index contributed by atoms with van der Waals surface area (Å²) in [5, 5.41) is 22.5. The second-order valence-corrected chi connectivity index (χ2v) is 8.42. The summed E-state index contributed by atoms with van der Waals surface area (Å²) in [7, 11) is 0. The molecule has 11 heteroatoms. The van der Waals surface area contributed by atoms with Crippen LogP contribution in [0.25, 0.3) is 0 Å². The van der Waals surface area contributed by atoms with Gasteiger partial charge in [0.15, 0.2) is 5.69 Å². The van der Waals surface area contributed by atoms with Crippen molar-refractivity contribution in [2.45, 2.75) is 0 Å². The molecule has 30 heavy (non-hydrogen) atoms. The van der Waals surface area contributed by atoms with Gasteiger partial charge in [-0.2, -0.15) is 0 Å². The van der Waals surface area contributed by atoms with Gasteiger partial charge in [0.2, 0.25) is 0 Å². The average Bonchev–Trinajstić information content (AvgIpc) is 3.26. The fraction of sp³-hybridized carbons (Fsp3) is 0. The SMILES string of the molecule is O=c1[nH]c(Nc2ccccc2Br)c(Nc2ccccc2Br)cc1N=Nc1nncs1. The summed E-state index contributed by atoms with van der Waals surface area (Å²) in [6, 6.07) is 16.9. The number of halogens is 2. The van der Waals surface area contributed by atoms with Crippen molar-refractivity contribution in [3.05, 3.63) is 79.4 Å². The number of pyridine rings is 1. The highest BCUT2D eigenvalue weighted by Gasteiger charge is 2.12. The Balaban J connectivity index is 1.76. The molecule has 0 saturated heterocycles. The van der Waals surface area contributed by atoms with E-state index in [2.05, 4.69) is 67.9 Å². The molecule has 150 valence electrons. The molecular weight excluding hydrogens is 534 g/mol. The predicted molar refractivity (Wildman–Crippen MR) is 126 cm³/mol. The van der Waals surface area contributed by atoms with E-state index in [0.29, 0.717) is 16.6 Å². The van der Waals surface area contributed by atoms with Gasteiger partial charge in [0, 0.05) is 8.95 Å². The Morgan fingerprint density at radius 3 is 2.20 bits per heavy atom. The van der Waals surface area contributed by atoms with Gasteiger partial charge in [-0.1, -0.05) is 35.6 Å². The third kappa shape index (κ3) is 4.81. The molecule has 0 saturated carbocycles. The van der Waals surface area contributed by atoms with Crippen molar-refractivity contribution in [2.75, 3.05) is 10.6 Å². The van der Waals surface area contributed by atoms with Crippen molar-refractivity contribution in [1.82, 2.24) is 15.2 Å². The van der Waals surface area contributed by atoms with Crippen LogP contribution in [0.15, 0.2) is 84.1 Å². The van der Waals surface area contributed by atoms with Gasteiger partial charge in [-0.15, -0.1) is 20.4 Å². The number of aromatic amines is 1. The normalized spacial score (nSPS) is 11.0. The Morgan fingerprint density at radius 2 is 1.57 bits per heavy atom. The van der Waals surface area contributed by atoms with Crippen LogP contribution in [0.1, 0.15) is 0 Å². The molecule has 0 amide bonds. The molecule has 0 spiro atoms. The van der Waals surface area contributed by atoms with Crippen molar-refractivity contribution in [2.24, 2.45) is 10.2 Å². The molecule has 0 atom stereocenters. The monoisotopic (exact) mass is 545 g/mol. The van der Waals surface area contributed by atoms with Gasteiger partial charge >= 0.3 is 0 Å². The standard InChI is InChI=1S/C19H13Br2N7OS/c20-11-5-1-3-7-13(11)23-15-9-16(26-28-19-27-22-10-30-19)18(29)25-17(15)24-14-8-4-2-6-12(14)21/h1-10,23H,(H2,24,25,29). The molecule has 8 nitrogen and oxygen atoms in total. The molecule has 2 aromatic heterocycles. The predicted octanol–water partition coefficient (Wildman–Crippen LogP) is 6.65. The van der Waals surface area contributed by atoms with Crippen molar-refractivity contribution < 1.29 is 0 Å². The van der Waals surface area contributed by atoms with Crippen molar-refractivity contribution in [1.29, 1.82) is 0 Å². The van der Waals surface area contributed by atoms with Gasteiger partial charge in [-0.25, -0.2) is 0 Å². The summed E-state index contributed by atoms with van der Waals surface area (Å²) in [5.41, 5.74) is 3.53. The molecule has 0 aliphatic carbocycles. The minimum Gasteiger partial charge on any atom is -0.352 e. The van der Waals surface area contributed by atoms with Gasteiger partial charge < -0.3 is 15.6 Å². The summed E-state index contributed by atoms with van der Waals surface area (Å²) >= 11 is 8.27. The fourth-order valence-corrected chi connectivity index (χ4v) is 3.64. The maximum atomic E-state index is 12.6. The molecule has 0 bridgehead atoms. The average molecular weight is 547 g/mol. The van der Waals surface area contributed by atoms with Gasteiger partial charge in [0.25, 0.3) is 10.7 Å². The van der Waals surface area contributed by atoms with Crippen molar-refractivity contribution in [3.8, 4) is 0 Å². The Morgan fingerprint density at radius 1 is 0.900 bits per heavy atom. The molecule has 0 aliphatic rings. The van der Waals surface area contributed by atoms with Crippen LogP contribution in [0.5, 0.6) is 0 Å². The number of nitrogens with zero attached hydrogens (tertiary/aromatic N) is 4. The van der Waals surface area contributed by atoms with E-state index in [9.17, 15) is 4.79 Å². The van der Waals surface area contributed by atoms with Gasteiger partial charge in [0.1, 0.15) is 11.3 Å². The van der Waals surface area contributed by atoms with E-state index in [4.69, 9.17) is 0 Å². The van der Waals surface area contributed by atoms with Crippen LogP contribution >= 0.6 is 43.2 Å². The quantitative estimate of drug-likeness (QED) is 0.234. The Bertz CT molecular complexity index is 1260. The number of anilines is 4. The number of hydrogen-bond donors (Lipinski definition) is 3. The number of azo groups is 1. The minimum atomic E-state index is -0.393. The van der Waals surface area contributed by atoms with E-state index in [0.717, 1.165) is 20.3 Å². The smallest absolute Gasteiger partial charge is 0.277 e. The summed E-state index contributed by atoms with van der Waals surface area (Å²) in [5.74, 6) is 0.484. The van der Waals surface area contributed by atoms with E-state index >= 15 is 0 Å². The molecule has 2 heterocycles. The first kappa shape index (κ1) is 20.4. The number of H-pyrrole nitrogens is 1. The van der Waals surface area contributed by atoms with E-state index in [1.165, 1.54) is 11.3 Å². The lowest BCUT2D eigenvalue weighted by molar-refractivity contribution is 1.05. The largest absolute Gasteiger partial charge is 0.352 e. The molecule has 4 rings (SSSR count). The maximum Gasteiger partial charge on any atom is 0.277 e. The topological polar surface area (TPSA) is 107 Å². The number of nitrogens with one attached hydrogen (secondary N) is 3. The van der Waals surface area contributed by atoms with Crippen molar-refractivity contribution >= 4 is 76.9 Å². The molecule has 3 N–H and O–H groups in total. The second kappa shape index (κ2) is 9.28. The van der Waals surface area contributed by atoms with Crippen molar-refractivity contribution in [3.63, 3.8) is 0 Å². The highest BCUT2D eigenvalue weighted by Crippen LogP contribution is 2.33. The molecule has 0 unspecified atom stereocenters. The summed E-state index contributed by atoms with van der Waals surface area (Å²) in [6.45, 7) is 0. The van der Waals surface area contributed by atoms with Crippen LogP contribution < -0.4 is 16.2 Å². The summed E-state index contributed by atoms with van der Waals surface area (Å²) in [6.07, 6.45) is 0. The highest BCUT2D eigenvalue weighted by atomic mass is 79.9. The van der Waals surface area contributed by atoms with E-state index in [-0.39, 0.29) is 5.69 Å². The molecule has 0 aliphatic heterocycles. The zero-order chi connectivity index (χ0) is 20.9. The first-order valence-corrected chi connectivity index (χ1v) is 11.0. The van der Waals surface area contributed by atoms with Crippen LogP contribution in [0.3, 0.4) is 0 Å². The number of benzene rings is 2. The second-order valence-electron chi connectivity index (χ2n) is 5.90. The lowest BCUT2D eigenvalue weighted by Gasteiger charge is -2.15. The Kier molecular flexibility index (Phi) is 6.31. The lowest BCUT2D eigenvalue weighted by atomic mass is 10.2. The number of para-hydroxylation sites is 2. The van der Waals surface area contributed by atoms with Crippen LogP contribution in [0, 0.1) is 0 Å². The van der Waals surface area contributed by atoms with E-state index in [1.807, 2.05) is 48.5 Å². The molecular formula is C19H13Br2N7OS. The summed E-state index contributed by atoms with van der Waals surface area (Å²) in [4.78, 5) is 15.5. The Labute approximate surface area is 191 Å². The number of aromatic nitrogens is 3. The third-order valence-electron chi connectivity index (χ3n) is 3.89. The Hall–Kier alpha value is -2.89. The summed E-state index contributed by atoms with van der Waals surface area (Å²) < 4.78 is 1.73. The zero-order valence-electron chi connectivity index (χ0n) is 15.1. The van der Waals surface area contributed by atoms with Crippen LogP contribution in [-0.4, -0.2) is 15.2 Å². The van der Waals surface area contributed by atoms with E-state index < -0.39 is 5.56 Å². The van der Waals surface area contributed by atoms with E-state index in [1.54, 1.807) is 11.6 Å². The lowest BCUT2D eigenvalue weighted by Crippen LogP contribution is -2.11. The van der Waals surface area contributed by atoms with Crippen LogP contribution in [0.2, 0.25) is 0 Å². The maximum absolute atomic E-state index is 12.6. The number of rotatable bonds is 6. The molecule has 0 radical (unpaired) electrons. The fourth-order valence-electron chi connectivity index (χ4n) is 2.50. The van der Waals surface area contributed by atoms with Gasteiger partial charge in [-0.05, 0) is 62.2 Å². The third-order valence-corrected chi connectivity index (χ3v) is 5.85. The molecule has 0 fully saturated rings. The minimum absolute atomic E-state index is 0.137. The zero-order valence-corrected chi connectivity index (χ0v) is 19.1.